The van der Waals surface area contributed by atoms with E-state index in [1.165, 1.54) is 11.4 Å². The van der Waals surface area contributed by atoms with Gasteiger partial charge in [-0.05, 0) is 79.9 Å². The first-order valence-corrected chi connectivity index (χ1v) is 10.7. The first kappa shape index (κ1) is 20.6. The molecule has 0 heterocycles. The summed E-state index contributed by atoms with van der Waals surface area (Å²) in [6.07, 6.45) is 0. The fraction of sp³-hybridized carbons (Fsp3) is 0.174. The minimum Gasteiger partial charge on any atom is -0.322 e. The van der Waals surface area contributed by atoms with Gasteiger partial charge in [-0.15, -0.1) is 0 Å². The monoisotopic (exact) mass is 408 g/mol. The second kappa shape index (κ2) is 8.09. The average molecular weight is 409 g/mol. The standard InChI is InChI=1S/C23H24N2O3S/c1-16-12-17(2)14-20(13-16)24-23(26)19-10-11-22(18(3)15-19)25(4)29(27,28)21-8-6-5-7-9-21/h5-15H,1-4H3,(H,24,26). The van der Waals surface area contributed by atoms with Gasteiger partial charge in [-0.2, -0.15) is 0 Å². The molecule has 150 valence electrons. The first-order chi connectivity index (χ1) is 13.7. The van der Waals surface area contributed by atoms with Crippen molar-refractivity contribution in [3.05, 3.63) is 89.0 Å². The quantitative estimate of drug-likeness (QED) is 0.666. The third-order valence-corrected chi connectivity index (χ3v) is 6.47. The lowest BCUT2D eigenvalue weighted by atomic mass is 10.1. The summed E-state index contributed by atoms with van der Waals surface area (Å²) in [6, 6.07) is 19.1. The highest BCUT2D eigenvalue weighted by atomic mass is 32.2. The molecule has 0 fully saturated rings. The van der Waals surface area contributed by atoms with E-state index in [0.717, 1.165) is 16.8 Å². The number of anilines is 2. The normalized spacial score (nSPS) is 11.2. The van der Waals surface area contributed by atoms with Crippen LogP contribution < -0.4 is 9.62 Å². The summed E-state index contributed by atoms with van der Waals surface area (Å²) < 4.78 is 26.9. The van der Waals surface area contributed by atoms with Crippen molar-refractivity contribution in [2.45, 2.75) is 25.7 Å². The third kappa shape index (κ3) is 4.49. The molecule has 3 aromatic rings. The number of carbonyl (C=O) groups excluding carboxylic acids is 1. The molecule has 1 amide bonds. The summed E-state index contributed by atoms with van der Waals surface area (Å²) >= 11 is 0. The molecule has 0 unspecified atom stereocenters. The van der Waals surface area contributed by atoms with Gasteiger partial charge in [-0.1, -0.05) is 24.3 Å². The molecule has 6 heteroatoms. The van der Waals surface area contributed by atoms with Crippen molar-refractivity contribution in [1.82, 2.24) is 0 Å². The number of aryl methyl sites for hydroxylation is 3. The van der Waals surface area contributed by atoms with Crippen LogP contribution in [0.2, 0.25) is 0 Å². The highest BCUT2D eigenvalue weighted by molar-refractivity contribution is 7.92. The van der Waals surface area contributed by atoms with E-state index >= 15 is 0 Å². The van der Waals surface area contributed by atoms with Crippen LogP contribution in [0.5, 0.6) is 0 Å². The van der Waals surface area contributed by atoms with E-state index in [1.54, 1.807) is 55.5 Å². The molecule has 1 N–H and O–H groups in total. The number of carbonyl (C=O) groups is 1. The van der Waals surface area contributed by atoms with Gasteiger partial charge in [-0.25, -0.2) is 8.42 Å². The van der Waals surface area contributed by atoms with Crippen LogP contribution in [0.25, 0.3) is 0 Å². The summed E-state index contributed by atoms with van der Waals surface area (Å²) in [5.41, 5.74) is 4.56. The fourth-order valence-electron chi connectivity index (χ4n) is 3.28. The lowest BCUT2D eigenvalue weighted by molar-refractivity contribution is 0.102. The van der Waals surface area contributed by atoms with E-state index in [1.807, 2.05) is 32.0 Å². The molecule has 0 aliphatic heterocycles. The van der Waals surface area contributed by atoms with E-state index < -0.39 is 10.0 Å². The summed E-state index contributed by atoms with van der Waals surface area (Å²) in [7, 11) is -2.16. The molecule has 0 saturated carbocycles. The molecule has 3 rings (SSSR count). The van der Waals surface area contributed by atoms with Gasteiger partial charge in [0.1, 0.15) is 0 Å². The number of hydrogen-bond donors (Lipinski definition) is 1. The highest BCUT2D eigenvalue weighted by Crippen LogP contribution is 2.26. The lowest BCUT2D eigenvalue weighted by Gasteiger charge is -2.22. The van der Waals surface area contributed by atoms with Gasteiger partial charge in [0, 0.05) is 18.3 Å². The van der Waals surface area contributed by atoms with Crippen molar-refractivity contribution in [1.29, 1.82) is 0 Å². The van der Waals surface area contributed by atoms with Crippen LogP contribution in [-0.4, -0.2) is 21.4 Å². The zero-order chi connectivity index (χ0) is 21.2. The summed E-state index contributed by atoms with van der Waals surface area (Å²) in [4.78, 5) is 12.9. The number of rotatable bonds is 5. The highest BCUT2D eigenvalue weighted by Gasteiger charge is 2.22. The minimum atomic E-state index is -3.67. The zero-order valence-corrected chi connectivity index (χ0v) is 17.7. The Kier molecular flexibility index (Phi) is 5.75. The topological polar surface area (TPSA) is 66.5 Å². The van der Waals surface area contributed by atoms with Crippen molar-refractivity contribution in [3.8, 4) is 0 Å². The molecular weight excluding hydrogens is 384 g/mol. The largest absolute Gasteiger partial charge is 0.322 e. The Morgan fingerprint density at radius 2 is 1.48 bits per heavy atom. The van der Waals surface area contributed by atoms with Gasteiger partial charge >= 0.3 is 0 Å². The smallest absolute Gasteiger partial charge is 0.264 e. The zero-order valence-electron chi connectivity index (χ0n) is 16.9. The van der Waals surface area contributed by atoms with E-state index in [0.29, 0.717) is 16.8 Å². The predicted octanol–water partition coefficient (Wildman–Crippen LogP) is 4.69. The van der Waals surface area contributed by atoms with Crippen LogP contribution in [-0.2, 0) is 10.0 Å². The summed E-state index contributed by atoms with van der Waals surface area (Å²) in [5, 5.41) is 2.90. The molecule has 0 aliphatic carbocycles. The van der Waals surface area contributed by atoms with Crippen molar-refractivity contribution >= 4 is 27.3 Å². The predicted molar refractivity (Wildman–Crippen MR) is 117 cm³/mol. The molecule has 5 nitrogen and oxygen atoms in total. The van der Waals surface area contributed by atoms with Gasteiger partial charge < -0.3 is 5.32 Å². The van der Waals surface area contributed by atoms with Crippen molar-refractivity contribution in [2.75, 3.05) is 16.7 Å². The SMILES string of the molecule is Cc1cc(C)cc(NC(=O)c2ccc(N(C)S(=O)(=O)c3ccccc3)c(C)c2)c1. The molecule has 3 aromatic carbocycles. The Labute approximate surface area is 172 Å². The molecule has 29 heavy (non-hydrogen) atoms. The fourth-order valence-corrected chi connectivity index (χ4v) is 4.56. The van der Waals surface area contributed by atoms with Crippen molar-refractivity contribution in [2.24, 2.45) is 0 Å². The Morgan fingerprint density at radius 1 is 0.862 bits per heavy atom. The van der Waals surface area contributed by atoms with E-state index in [9.17, 15) is 13.2 Å². The third-order valence-electron chi connectivity index (χ3n) is 4.68. The van der Waals surface area contributed by atoms with Gasteiger partial charge in [0.05, 0.1) is 10.6 Å². The van der Waals surface area contributed by atoms with Crippen LogP contribution in [0.3, 0.4) is 0 Å². The van der Waals surface area contributed by atoms with Crippen molar-refractivity contribution in [3.63, 3.8) is 0 Å². The van der Waals surface area contributed by atoms with E-state index in [-0.39, 0.29) is 10.8 Å². The van der Waals surface area contributed by atoms with Gasteiger partial charge in [0.25, 0.3) is 15.9 Å². The second-order valence-electron chi connectivity index (χ2n) is 7.12. The average Bonchev–Trinajstić information content (AvgIpc) is 2.67. The van der Waals surface area contributed by atoms with Crippen LogP contribution in [0.4, 0.5) is 11.4 Å². The molecule has 0 radical (unpaired) electrons. The molecule has 0 aliphatic rings. The first-order valence-electron chi connectivity index (χ1n) is 9.23. The van der Waals surface area contributed by atoms with Crippen LogP contribution in [0.1, 0.15) is 27.0 Å². The maximum absolute atomic E-state index is 12.9. The minimum absolute atomic E-state index is 0.221. The molecule has 0 saturated heterocycles. The van der Waals surface area contributed by atoms with E-state index in [4.69, 9.17) is 0 Å². The molecular formula is C23H24N2O3S. The lowest BCUT2D eigenvalue weighted by Crippen LogP contribution is -2.27. The Morgan fingerprint density at radius 3 is 2.07 bits per heavy atom. The summed E-state index contributed by atoms with van der Waals surface area (Å²) in [5.74, 6) is -0.238. The Hall–Kier alpha value is -3.12. The van der Waals surface area contributed by atoms with Gasteiger partial charge in [0.15, 0.2) is 0 Å². The Balaban J connectivity index is 1.85. The number of benzene rings is 3. The number of sulfonamides is 1. The molecule has 0 bridgehead atoms. The van der Waals surface area contributed by atoms with Crippen LogP contribution >= 0.6 is 0 Å². The maximum atomic E-state index is 12.9. The number of hydrogen-bond acceptors (Lipinski definition) is 3. The molecule has 0 aromatic heterocycles. The number of amides is 1. The molecule has 0 atom stereocenters. The summed E-state index contributed by atoms with van der Waals surface area (Å²) in [6.45, 7) is 5.75. The van der Waals surface area contributed by atoms with Gasteiger partial charge in [0.2, 0.25) is 0 Å². The second-order valence-corrected chi connectivity index (χ2v) is 9.09. The Bertz CT molecular complexity index is 1140. The number of nitrogens with zero attached hydrogens (tertiary/aromatic N) is 1. The van der Waals surface area contributed by atoms with Crippen LogP contribution in [0, 0.1) is 20.8 Å². The van der Waals surface area contributed by atoms with Crippen molar-refractivity contribution < 1.29 is 13.2 Å². The van der Waals surface area contributed by atoms with Gasteiger partial charge in [-0.3, -0.25) is 9.10 Å². The number of nitrogens with one attached hydrogen (secondary N) is 1. The van der Waals surface area contributed by atoms with E-state index in [2.05, 4.69) is 5.32 Å². The maximum Gasteiger partial charge on any atom is 0.264 e. The molecule has 0 spiro atoms. The van der Waals surface area contributed by atoms with Crippen LogP contribution in [0.15, 0.2) is 71.6 Å².